The van der Waals surface area contributed by atoms with Gasteiger partial charge in [-0.1, -0.05) is 210 Å². The van der Waals surface area contributed by atoms with Gasteiger partial charge in [0.25, 0.3) is 0 Å². The van der Waals surface area contributed by atoms with Crippen molar-refractivity contribution in [2.75, 3.05) is 4.90 Å². The molecule has 1 nitrogen and oxygen atoms in total. The van der Waals surface area contributed by atoms with Crippen molar-refractivity contribution in [3.8, 4) is 33.4 Å². The molecule has 57 heavy (non-hydrogen) atoms. The predicted octanol–water partition coefficient (Wildman–Crippen LogP) is 16.5. The molecule has 7 aromatic carbocycles. The molecule has 7 aromatic rings. The SMILES string of the molecule is CC(C)(C)c1ccc(N(c2cc(C(C)(C)C)ccc2-c2ccccc2)c2ccccc2-c2cccc3cccc(-c4cc(C(C)(C)C)cc(C(C)(C)C)c4)c23)cc1. The van der Waals surface area contributed by atoms with Crippen molar-refractivity contribution in [1.82, 2.24) is 0 Å². The van der Waals surface area contributed by atoms with E-state index in [0.29, 0.717) is 0 Å². The van der Waals surface area contributed by atoms with Crippen molar-refractivity contribution in [3.05, 3.63) is 174 Å². The summed E-state index contributed by atoms with van der Waals surface area (Å²) in [5, 5.41) is 2.51. The van der Waals surface area contributed by atoms with Gasteiger partial charge in [-0.25, -0.2) is 0 Å². The van der Waals surface area contributed by atoms with Gasteiger partial charge < -0.3 is 4.90 Å². The lowest BCUT2D eigenvalue weighted by Gasteiger charge is -2.32. The fourth-order valence-corrected chi connectivity index (χ4v) is 7.91. The van der Waals surface area contributed by atoms with Gasteiger partial charge in [-0.15, -0.1) is 0 Å². The lowest BCUT2D eigenvalue weighted by Crippen LogP contribution is -2.17. The number of nitrogens with zero attached hydrogens (tertiary/aromatic N) is 1. The average Bonchev–Trinajstić information content (AvgIpc) is 3.17. The van der Waals surface area contributed by atoms with E-state index >= 15 is 0 Å². The van der Waals surface area contributed by atoms with E-state index in [1.165, 1.54) is 66.4 Å². The molecule has 290 valence electrons. The Bertz CT molecular complexity index is 2490. The number of rotatable bonds is 6. The first-order valence-electron chi connectivity index (χ1n) is 20.7. The molecule has 0 N–H and O–H groups in total. The number of fused-ring (bicyclic) bond motifs is 1. The van der Waals surface area contributed by atoms with Crippen LogP contribution in [0.15, 0.2) is 152 Å². The lowest BCUT2D eigenvalue weighted by atomic mass is 9.78. The molecule has 0 saturated heterocycles. The van der Waals surface area contributed by atoms with Crippen molar-refractivity contribution in [2.45, 2.75) is 105 Å². The first-order valence-corrected chi connectivity index (χ1v) is 20.7. The molecule has 0 fully saturated rings. The van der Waals surface area contributed by atoms with Gasteiger partial charge in [0.15, 0.2) is 0 Å². The van der Waals surface area contributed by atoms with Crippen LogP contribution in [0.2, 0.25) is 0 Å². The molecule has 0 heterocycles. The summed E-state index contributed by atoms with van der Waals surface area (Å²) in [5.41, 5.74) is 16.1. The van der Waals surface area contributed by atoms with Crippen LogP contribution < -0.4 is 4.90 Å². The molecule has 0 bridgehead atoms. The minimum Gasteiger partial charge on any atom is -0.309 e. The van der Waals surface area contributed by atoms with Gasteiger partial charge in [0.2, 0.25) is 0 Å². The highest BCUT2D eigenvalue weighted by molar-refractivity contribution is 6.09. The number of para-hydroxylation sites is 1. The number of hydrogen-bond donors (Lipinski definition) is 0. The second kappa shape index (κ2) is 14.8. The summed E-state index contributed by atoms with van der Waals surface area (Å²) in [6.45, 7) is 27.7. The third-order valence-electron chi connectivity index (χ3n) is 11.5. The lowest BCUT2D eigenvalue weighted by molar-refractivity contribution is 0.569. The van der Waals surface area contributed by atoms with E-state index in [2.05, 4.69) is 240 Å². The topological polar surface area (TPSA) is 3.24 Å². The van der Waals surface area contributed by atoms with Crippen LogP contribution in [0.1, 0.15) is 105 Å². The van der Waals surface area contributed by atoms with Crippen LogP contribution in [0.25, 0.3) is 44.2 Å². The van der Waals surface area contributed by atoms with Crippen LogP contribution in [0, 0.1) is 0 Å². The monoisotopic (exact) mass is 747 g/mol. The zero-order chi connectivity index (χ0) is 40.9. The molecule has 7 rings (SSSR count). The van der Waals surface area contributed by atoms with E-state index in [-0.39, 0.29) is 21.7 Å². The summed E-state index contributed by atoms with van der Waals surface area (Å²) >= 11 is 0. The Kier molecular flexibility index (Phi) is 10.4. The van der Waals surface area contributed by atoms with Crippen LogP contribution in [0.4, 0.5) is 17.1 Å². The van der Waals surface area contributed by atoms with Gasteiger partial charge in [0.05, 0.1) is 11.4 Å². The van der Waals surface area contributed by atoms with Crippen molar-refractivity contribution in [3.63, 3.8) is 0 Å². The molecular weight excluding hydrogens is 687 g/mol. The Morgan fingerprint density at radius 2 is 0.825 bits per heavy atom. The Labute approximate surface area is 343 Å². The van der Waals surface area contributed by atoms with Gasteiger partial charge in [0.1, 0.15) is 0 Å². The maximum Gasteiger partial charge on any atom is 0.0543 e. The second-order valence-corrected chi connectivity index (χ2v) is 20.0. The van der Waals surface area contributed by atoms with Gasteiger partial charge in [-0.3, -0.25) is 0 Å². The van der Waals surface area contributed by atoms with E-state index in [4.69, 9.17) is 0 Å². The fourth-order valence-electron chi connectivity index (χ4n) is 7.91. The van der Waals surface area contributed by atoms with Crippen LogP contribution in [-0.2, 0) is 21.7 Å². The van der Waals surface area contributed by atoms with Crippen LogP contribution in [-0.4, -0.2) is 0 Å². The Morgan fingerprint density at radius 3 is 1.40 bits per heavy atom. The smallest absolute Gasteiger partial charge is 0.0543 e. The summed E-state index contributed by atoms with van der Waals surface area (Å²) in [7, 11) is 0. The minimum absolute atomic E-state index is 0.0110. The summed E-state index contributed by atoms with van der Waals surface area (Å²) in [6, 6.07) is 57.1. The van der Waals surface area contributed by atoms with Gasteiger partial charge in [0, 0.05) is 16.8 Å². The Morgan fingerprint density at radius 1 is 0.316 bits per heavy atom. The van der Waals surface area contributed by atoms with Crippen molar-refractivity contribution in [2.24, 2.45) is 0 Å². The molecular formula is C56H61N. The Balaban J connectivity index is 1.55. The highest BCUT2D eigenvalue weighted by atomic mass is 15.1. The van der Waals surface area contributed by atoms with Crippen molar-refractivity contribution >= 4 is 27.8 Å². The number of anilines is 3. The third kappa shape index (κ3) is 8.22. The zero-order valence-electron chi connectivity index (χ0n) is 36.4. The molecule has 0 atom stereocenters. The quantitative estimate of drug-likeness (QED) is 0.164. The van der Waals surface area contributed by atoms with E-state index in [9.17, 15) is 0 Å². The molecule has 0 saturated carbocycles. The molecule has 0 amide bonds. The maximum atomic E-state index is 2.51. The summed E-state index contributed by atoms with van der Waals surface area (Å²) in [5.74, 6) is 0. The van der Waals surface area contributed by atoms with Crippen LogP contribution in [0.3, 0.4) is 0 Å². The third-order valence-corrected chi connectivity index (χ3v) is 11.5. The number of benzene rings is 7. The molecule has 0 radical (unpaired) electrons. The first-order chi connectivity index (χ1) is 26.8. The van der Waals surface area contributed by atoms with E-state index in [1.54, 1.807) is 0 Å². The van der Waals surface area contributed by atoms with E-state index < -0.39 is 0 Å². The van der Waals surface area contributed by atoms with Crippen LogP contribution >= 0.6 is 0 Å². The summed E-state index contributed by atoms with van der Waals surface area (Å²) < 4.78 is 0. The molecule has 0 aliphatic heterocycles. The standard InChI is InChI=1S/C56H61N/c1-53(2,3)41-28-31-45(32-29-41)57(51-37-42(54(4,5)6)30-33-46(51)38-20-14-13-15-21-38)50-27-17-16-24-48(50)49-26-19-23-39-22-18-25-47(52(39)49)40-34-43(55(7,8)9)36-44(35-40)56(10,11)12/h13-37H,1-12H3. The first kappa shape index (κ1) is 39.8. The van der Waals surface area contributed by atoms with Crippen molar-refractivity contribution in [1.29, 1.82) is 0 Å². The van der Waals surface area contributed by atoms with E-state index in [0.717, 1.165) is 17.1 Å². The highest BCUT2D eigenvalue weighted by Gasteiger charge is 2.26. The highest BCUT2D eigenvalue weighted by Crippen LogP contribution is 2.48. The fraction of sp³-hybridized carbons (Fsp3) is 0.286. The minimum atomic E-state index is -0.0384. The molecule has 0 aromatic heterocycles. The van der Waals surface area contributed by atoms with Crippen LogP contribution in [0.5, 0.6) is 0 Å². The molecule has 0 aliphatic carbocycles. The van der Waals surface area contributed by atoms with E-state index in [1.807, 2.05) is 0 Å². The summed E-state index contributed by atoms with van der Waals surface area (Å²) in [6.07, 6.45) is 0. The summed E-state index contributed by atoms with van der Waals surface area (Å²) in [4.78, 5) is 2.51. The second-order valence-electron chi connectivity index (χ2n) is 20.0. The largest absolute Gasteiger partial charge is 0.309 e. The van der Waals surface area contributed by atoms with Gasteiger partial charge in [-0.05, 0) is 101 Å². The normalized spacial score (nSPS) is 12.6. The van der Waals surface area contributed by atoms with Crippen molar-refractivity contribution < 1.29 is 0 Å². The molecule has 0 spiro atoms. The van der Waals surface area contributed by atoms with Gasteiger partial charge >= 0.3 is 0 Å². The Hall–Kier alpha value is -5.40. The average molecular weight is 748 g/mol. The molecule has 1 heteroatoms. The number of hydrogen-bond acceptors (Lipinski definition) is 1. The maximum absolute atomic E-state index is 2.51. The molecule has 0 unspecified atom stereocenters. The zero-order valence-corrected chi connectivity index (χ0v) is 36.4. The van der Waals surface area contributed by atoms with Gasteiger partial charge in [-0.2, -0.15) is 0 Å². The molecule has 0 aliphatic rings. The predicted molar refractivity (Wildman–Crippen MR) is 250 cm³/mol.